The lowest BCUT2D eigenvalue weighted by Crippen LogP contribution is -2.29. The Morgan fingerprint density at radius 3 is 2.44 bits per heavy atom. The number of carbonyl (C=O) groups excluding carboxylic acids is 2. The van der Waals surface area contributed by atoms with Crippen LogP contribution in [0.15, 0.2) is 42.5 Å². The summed E-state index contributed by atoms with van der Waals surface area (Å²) in [6.45, 7) is 3.50. The van der Waals surface area contributed by atoms with E-state index in [0.29, 0.717) is 28.8 Å². The molecule has 2 rings (SSSR count). The monoisotopic (exact) mass is 411 g/mol. The van der Waals surface area contributed by atoms with Gasteiger partial charge >= 0.3 is 5.97 Å². The van der Waals surface area contributed by atoms with Crippen molar-refractivity contribution >= 4 is 40.8 Å². The molecule has 0 fully saturated rings. The first-order chi connectivity index (χ1) is 12.9. The van der Waals surface area contributed by atoms with E-state index in [1.165, 1.54) is 13.0 Å². The third-order valence-electron chi connectivity index (χ3n) is 3.32. The number of carbonyl (C=O) groups is 2. The molecule has 0 aliphatic rings. The summed E-state index contributed by atoms with van der Waals surface area (Å²) in [5.41, 5.74) is 0.566. The van der Waals surface area contributed by atoms with E-state index in [0.717, 1.165) is 0 Å². The van der Waals surface area contributed by atoms with Gasteiger partial charge in [-0.05, 0) is 56.3 Å². The maximum absolute atomic E-state index is 12.0. The molecule has 2 aromatic carbocycles. The molecular formula is C19H19Cl2NO5. The second-order valence-electron chi connectivity index (χ2n) is 5.45. The second kappa shape index (κ2) is 10.0. The minimum Gasteiger partial charge on any atom is -0.494 e. The van der Waals surface area contributed by atoms with E-state index >= 15 is 0 Å². The molecule has 0 aliphatic heterocycles. The third-order valence-corrected chi connectivity index (χ3v) is 3.85. The Labute approximate surface area is 167 Å². The number of esters is 1. The van der Waals surface area contributed by atoms with Crippen molar-refractivity contribution in [2.24, 2.45) is 0 Å². The Bertz CT molecular complexity index is 795. The van der Waals surface area contributed by atoms with Crippen LogP contribution >= 0.6 is 23.2 Å². The minimum absolute atomic E-state index is 0.274. The Balaban J connectivity index is 1.80. The fourth-order valence-corrected chi connectivity index (χ4v) is 2.51. The van der Waals surface area contributed by atoms with Gasteiger partial charge in [0.05, 0.1) is 11.6 Å². The number of ether oxygens (including phenoxy) is 3. The van der Waals surface area contributed by atoms with Crippen LogP contribution in [0.1, 0.15) is 13.8 Å². The van der Waals surface area contributed by atoms with E-state index in [9.17, 15) is 9.59 Å². The molecule has 0 bridgehead atoms. The van der Waals surface area contributed by atoms with Crippen LogP contribution in [0.25, 0.3) is 0 Å². The average molecular weight is 412 g/mol. The molecule has 0 saturated carbocycles. The zero-order valence-corrected chi connectivity index (χ0v) is 16.3. The van der Waals surface area contributed by atoms with Crippen LogP contribution < -0.4 is 14.8 Å². The van der Waals surface area contributed by atoms with E-state index in [-0.39, 0.29) is 5.02 Å². The predicted molar refractivity (Wildman–Crippen MR) is 104 cm³/mol. The van der Waals surface area contributed by atoms with E-state index in [1.807, 2.05) is 6.92 Å². The van der Waals surface area contributed by atoms with Gasteiger partial charge in [-0.1, -0.05) is 23.2 Å². The summed E-state index contributed by atoms with van der Waals surface area (Å²) in [6, 6.07) is 11.5. The molecule has 0 radical (unpaired) electrons. The van der Waals surface area contributed by atoms with Crippen LogP contribution in [0.3, 0.4) is 0 Å². The van der Waals surface area contributed by atoms with E-state index in [1.54, 1.807) is 36.4 Å². The number of rotatable bonds is 8. The van der Waals surface area contributed by atoms with Crippen molar-refractivity contribution in [3.63, 3.8) is 0 Å². The Morgan fingerprint density at radius 1 is 1.11 bits per heavy atom. The summed E-state index contributed by atoms with van der Waals surface area (Å²) < 4.78 is 15.7. The normalized spacial score (nSPS) is 11.4. The first kappa shape index (κ1) is 20.9. The Kier molecular flexibility index (Phi) is 7.76. The van der Waals surface area contributed by atoms with Gasteiger partial charge in [-0.3, -0.25) is 4.79 Å². The lowest BCUT2D eigenvalue weighted by molar-refractivity contribution is -0.153. The summed E-state index contributed by atoms with van der Waals surface area (Å²) in [7, 11) is 0. The summed E-state index contributed by atoms with van der Waals surface area (Å²) in [5.74, 6) is -0.162. The highest BCUT2D eigenvalue weighted by atomic mass is 35.5. The van der Waals surface area contributed by atoms with Gasteiger partial charge in [-0.25, -0.2) is 4.79 Å². The Morgan fingerprint density at radius 2 is 1.81 bits per heavy atom. The van der Waals surface area contributed by atoms with Crippen molar-refractivity contribution in [3.05, 3.63) is 52.5 Å². The predicted octanol–water partition coefficient (Wildman–Crippen LogP) is 4.34. The summed E-state index contributed by atoms with van der Waals surface area (Å²) >= 11 is 11.8. The second-order valence-corrected chi connectivity index (χ2v) is 6.29. The summed E-state index contributed by atoms with van der Waals surface area (Å²) in [4.78, 5) is 23.9. The van der Waals surface area contributed by atoms with Crippen molar-refractivity contribution in [2.75, 3.05) is 18.5 Å². The molecule has 0 heterocycles. The zero-order valence-electron chi connectivity index (χ0n) is 14.8. The van der Waals surface area contributed by atoms with Crippen LogP contribution in [0, 0.1) is 0 Å². The lowest BCUT2D eigenvalue weighted by atomic mass is 10.3. The van der Waals surface area contributed by atoms with Gasteiger partial charge in [-0.2, -0.15) is 0 Å². The smallest absolute Gasteiger partial charge is 0.347 e. The van der Waals surface area contributed by atoms with Crippen molar-refractivity contribution in [1.29, 1.82) is 0 Å². The van der Waals surface area contributed by atoms with Crippen molar-refractivity contribution in [2.45, 2.75) is 20.0 Å². The standard InChI is InChI=1S/C19H19Cl2NO5/c1-3-25-15-7-5-14(6-8-15)22-18(23)11-26-19(24)12(2)27-17-9-4-13(20)10-16(17)21/h4-10,12H,3,11H2,1-2H3,(H,22,23)/t12-/m1/s1. The molecule has 0 unspecified atom stereocenters. The first-order valence-corrected chi connectivity index (χ1v) is 8.95. The molecule has 2 aromatic rings. The van der Waals surface area contributed by atoms with Gasteiger partial charge in [0, 0.05) is 10.7 Å². The van der Waals surface area contributed by atoms with Crippen LogP contribution in [-0.4, -0.2) is 31.2 Å². The molecule has 1 N–H and O–H groups in total. The highest BCUT2D eigenvalue weighted by Gasteiger charge is 2.19. The summed E-state index contributed by atoms with van der Waals surface area (Å²) in [6.07, 6.45) is -0.943. The molecule has 144 valence electrons. The zero-order chi connectivity index (χ0) is 19.8. The number of halogens is 2. The van der Waals surface area contributed by atoms with Crippen LogP contribution in [0.4, 0.5) is 5.69 Å². The quantitative estimate of drug-likeness (QED) is 0.653. The Hall–Kier alpha value is -2.44. The van der Waals surface area contributed by atoms with Crippen molar-refractivity contribution in [1.82, 2.24) is 0 Å². The lowest BCUT2D eigenvalue weighted by Gasteiger charge is -2.15. The molecule has 8 heteroatoms. The minimum atomic E-state index is -0.943. The van der Waals surface area contributed by atoms with E-state index < -0.39 is 24.6 Å². The molecule has 1 amide bonds. The van der Waals surface area contributed by atoms with Crippen LogP contribution in [-0.2, 0) is 14.3 Å². The fraction of sp³-hybridized carbons (Fsp3) is 0.263. The number of benzene rings is 2. The first-order valence-electron chi connectivity index (χ1n) is 8.20. The maximum atomic E-state index is 12.0. The molecule has 0 saturated heterocycles. The van der Waals surface area contributed by atoms with Gasteiger partial charge in [0.1, 0.15) is 11.5 Å². The largest absolute Gasteiger partial charge is 0.494 e. The molecular weight excluding hydrogens is 393 g/mol. The number of anilines is 1. The summed E-state index contributed by atoms with van der Waals surface area (Å²) in [5, 5.41) is 3.35. The highest BCUT2D eigenvalue weighted by Crippen LogP contribution is 2.28. The van der Waals surface area contributed by atoms with E-state index in [4.69, 9.17) is 37.4 Å². The topological polar surface area (TPSA) is 73.9 Å². The molecule has 0 aromatic heterocycles. The van der Waals surface area contributed by atoms with Crippen LogP contribution in [0.5, 0.6) is 11.5 Å². The highest BCUT2D eigenvalue weighted by molar-refractivity contribution is 6.35. The van der Waals surface area contributed by atoms with Crippen molar-refractivity contribution in [3.8, 4) is 11.5 Å². The van der Waals surface area contributed by atoms with Crippen molar-refractivity contribution < 1.29 is 23.8 Å². The van der Waals surface area contributed by atoms with Gasteiger partial charge in [0.2, 0.25) is 0 Å². The van der Waals surface area contributed by atoms with Crippen LogP contribution in [0.2, 0.25) is 10.0 Å². The molecule has 27 heavy (non-hydrogen) atoms. The molecule has 0 spiro atoms. The molecule has 0 aliphatic carbocycles. The average Bonchev–Trinajstić information content (AvgIpc) is 2.63. The third kappa shape index (κ3) is 6.66. The van der Waals surface area contributed by atoms with Gasteiger partial charge in [-0.15, -0.1) is 0 Å². The van der Waals surface area contributed by atoms with Gasteiger partial charge < -0.3 is 19.5 Å². The number of hydrogen-bond donors (Lipinski definition) is 1. The number of hydrogen-bond acceptors (Lipinski definition) is 5. The molecule has 1 atom stereocenters. The SMILES string of the molecule is CCOc1ccc(NC(=O)COC(=O)[C@@H](C)Oc2ccc(Cl)cc2Cl)cc1. The van der Waals surface area contributed by atoms with E-state index in [2.05, 4.69) is 5.32 Å². The number of nitrogens with one attached hydrogen (secondary N) is 1. The van der Waals surface area contributed by atoms with Gasteiger partial charge in [0.15, 0.2) is 12.7 Å². The maximum Gasteiger partial charge on any atom is 0.347 e. The van der Waals surface area contributed by atoms with Gasteiger partial charge in [0.25, 0.3) is 5.91 Å². The number of amides is 1. The fourth-order valence-electron chi connectivity index (χ4n) is 2.06. The molecule has 6 nitrogen and oxygen atoms in total.